The SMILES string of the molecule is OC(CCCl)(N=C=S)Oc1ccccc1. The van der Waals surface area contributed by atoms with Gasteiger partial charge in [-0.2, -0.15) is 4.99 Å². The van der Waals surface area contributed by atoms with E-state index < -0.39 is 5.91 Å². The van der Waals surface area contributed by atoms with Crippen LogP contribution in [0.4, 0.5) is 0 Å². The fourth-order valence-electron chi connectivity index (χ4n) is 1.00. The lowest BCUT2D eigenvalue weighted by Gasteiger charge is -2.22. The maximum Gasteiger partial charge on any atom is 0.319 e. The molecule has 1 aromatic rings. The van der Waals surface area contributed by atoms with Crippen molar-refractivity contribution in [1.29, 1.82) is 0 Å². The van der Waals surface area contributed by atoms with Gasteiger partial charge in [0.2, 0.25) is 0 Å². The largest absolute Gasteiger partial charge is 0.442 e. The van der Waals surface area contributed by atoms with Gasteiger partial charge in [-0.3, -0.25) is 0 Å². The van der Waals surface area contributed by atoms with E-state index in [2.05, 4.69) is 22.4 Å². The highest BCUT2D eigenvalue weighted by Gasteiger charge is 2.27. The Hall–Kier alpha value is -0.930. The summed E-state index contributed by atoms with van der Waals surface area (Å²) in [4.78, 5) is 3.55. The lowest BCUT2D eigenvalue weighted by molar-refractivity contribution is -0.130. The normalized spacial score (nSPS) is 13.7. The van der Waals surface area contributed by atoms with Crippen molar-refractivity contribution in [3.8, 4) is 5.75 Å². The van der Waals surface area contributed by atoms with Crippen molar-refractivity contribution in [2.24, 2.45) is 4.99 Å². The van der Waals surface area contributed by atoms with Crippen LogP contribution in [-0.4, -0.2) is 22.1 Å². The van der Waals surface area contributed by atoms with Gasteiger partial charge in [0.15, 0.2) is 0 Å². The van der Waals surface area contributed by atoms with E-state index in [1.54, 1.807) is 24.3 Å². The van der Waals surface area contributed by atoms with Gasteiger partial charge >= 0.3 is 5.91 Å². The quantitative estimate of drug-likeness (QED) is 0.374. The molecule has 1 rings (SSSR count). The minimum Gasteiger partial charge on any atom is -0.442 e. The van der Waals surface area contributed by atoms with Crippen LogP contribution in [0.2, 0.25) is 0 Å². The van der Waals surface area contributed by atoms with Gasteiger partial charge in [-0.1, -0.05) is 18.2 Å². The van der Waals surface area contributed by atoms with Gasteiger partial charge in [-0.25, -0.2) is 0 Å². The molecule has 1 atom stereocenters. The van der Waals surface area contributed by atoms with Crippen LogP contribution in [0, 0.1) is 0 Å². The van der Waals surface area contributed by atoms with Crippen molar-refractivity contribution in [3.05, 3.63) is 30.3 Å². The Bertz CT molecular complexity index is 354. The summed E-state index contributed by atoms with van der Waals surface area (Å²) < 4.78 is 5.26. The van der Waals surface area contributed by atoms with Gasteiger partial charge in [0.1, 0.15) is 5.75 Å². The molecule has 0 fully saturated rings. The number of nitrogens with zero attached hydrogens (tertiary/aromatic N) is 1. The number of isothiocyanates is 1. The summed E-state index contributed by atoms with van der Waals surface area (Å²) in [6.07, 6.45) is 0.146. The second kappa shape index (κ2) is 5.83. The van der Waals surface area contributed by atoms with Crippen LogP contribution in [0.25, 0.3) is 0 Å². The number of aliphatic hydroxyl groups is 1. The number of hydrogen-bond donors (Lipinski definition) is 1. The molecule has 0 amide bonds. The first-order chi connectivity index (χ1) is 7.20. The van der Waals surface area contributed by atoms with Gasteiger partial charge in [0, 0.05) is 5.88 Å². The highest BCUT2D eigenvalue weighted by Crippen LogP contribution is 2.20. The van der Waals surface area contributed by atoms with Crippen molar-refractivity contribution >= 4 is 29.0 Å². The molecule has 0 bridgehead atoms. The summed E-state index contributed by atoms with van der Waals surface area (Å²) in [6.45, 7) is 0. The molecule has 80 valence electrons. The third-order valence-electron chi connectivity index (χ3n) is 1.67. The van der Waals surface area contributed by atoms with Crippen LogP contribution >= 0.6 is 23.8 Å². The van der Waals surface area contributed by atoms with E-state index in [0.717, 1.165) is 0 Å². The van der Waals surface area contributed by atoms with Gasteiger partial charge in [-0.05, 0) is 24.4 Å². The first kappa shape index (κ1) is 12.1. The molecule has 5 heteroatoms. The average Bonchev–Trinajstić information content (AvgIpc) is 2.19. The van der Waals surface area contributed by atoms with E-state index >= 15 is 0 Å². The second-order valence-electron chi connectivity index (χ2n) is 2.80. The fourth-order valence-corrected chi connectivity index (χ4v) is 1.39. The molecule has 0 aliphatic rings. The molecule has 0 aromatic heterocycles. The predicted molar refractivity (Wildman–Crippen MR) is 62.4 cm³/mol. The van der Waals surface area contributed by atoms with Crippen LogP contribution in [0.3, 0.4) is 0 Å². The number of halogens is 1. The number of para-hydroxylation sites is 1. The number of thiocarbonyl (C=S) groups is 1. The number of ether oxygens (including phenoxy) is 1. The Morgan fingerprint density at radius 3 is 2.67 bits per heavy atom. The van der Waals surface area contributed by atoms with E-state index in [9.17, 15) is 5.11 Å². The van der Waals surface area contributed by atoms with E-state index in [1.807, 2.05) is 6.07 Å². The van der Waals surface area contributed by atoms with Crippen molar-refractivity contribution in [2.45, 2.75) is 12.3 Å². The lowest BCUT2D eigenvalue weighted by Crippen LogP contribution is -2.33. The number of aliphatic imine (C=N–C) groups is 1. The Kier molecular flexibility index (Phi) is 4.72. The second-order valence-corrected chi connectivity index (χ2v) is 3.36. The zero-order chi connectivity index (χ0) is 11.1. The number of alkyl halides is 1. The molecule has 0 saturated heterocycles. The summed E-state index contributed by atoms with van der Waals surface area (Å²) in [5.41, 5.74) is 0. The molecule has 0 spiro atoms. The first-order valence-electron chi connectivity index (χ1n) is 4.31. The molecule has 0 saturated carbocycles. The average molecular weight is 244 g/mol. The molecule has 0 radical (unpaired) electrons. The highest BCUT2D eigenvalue weighted by molar-refractivity contribution is 7.78. The van der Waals surface area contributed by atoms with Crippen LogP contribution in [-0.2, 0) is 0 Å². The fraction of sp³-hybridized carbons (Fsp3) is 0.300. The molecule has 1 N–H and O–H groups in total. The molecule has 0 aliphatic carbocycles. The van der Waals surface area contributed by atoms with Crippen molar-refractivity contribution in [2.75, 3.05) is 5.88 Å². The Morgan fingerprint density at radius 2 is 2.13 bits per heavy atom. The summed E-state index contributed by atoms with van der Waals surface area (Å²) in [5, 5.41) is 12.0. The summed E-state index contributed by atoms with van der Waals surface area (Å²) in [5.74, 6) is -1.01. The maximum atomic E-state index is 9.86. The molecule has 0 aliphatic heterocycles. The van der Waals surface area contributed by atoms with Crippen molar-refractivity contribution in [1.82, 2.24) is 0 Å². The number of benzene rings is 1. The highest BCUT2D eigenvalue weighted by atomic mass is 35.5. The van der Waals surface area contributed by atoms with Gasteiger partial charge < -0.3 is 9.84 Å². The standard InChI is InChI=1S/C10H10ClNO2S/c11-7-6-10(13,12-8-15)14-9-4-2-1-3-5-9/h1-5,13H,6-7H2. The van der Waals surface area contributed by atoms with E-state index in [-0.39, 0.29) is 12.3 Å². The van der Waals surface area contributed by atoms with E-state index in [0.29, 0.717) is 5.75 Å². The molecule has 15 heavy (non-hydrogen) atoms. The molecule has 1 aromatic carbocycles. The van der Waals surface area contributed by atoms with Gasteiger partial charge in [0.25, 0.3) is 0 Å². The number of hydrogen-bond acceptors (Lipinski definition) is 4. The smallest absolute Gasteiger partial charge is 0.319 e. The first-order valence-corrected chi connectivity index (χ1v) is 5.26. The third kappa shape index (κ3) is 3.98. The Labute approximate surface area is 98.4 Å². The molecule has 1 unspecified atom stereocenters. The van der Waals surface area contributed by atoms with Crippen LogP contribution in [0.5, 0.6) is 5.75 Å². The van der Waals surface area contributed by atoms with Crippen LogP contribution < -0.4 is 4.74 Å². The van der Waals surface area contributed by atoms with Crippen molar-refractivity contribution < 1.29 is 9.84 Å². The topological polar surface area (TPSA) is 41.8 Å². The van der Waals surface area contributed by atoms with E-state index in [4.69, 9.17) is 16.3 Å². The molecule has 0 heterocycles. The molecular weight excluding hydrogens is 234 g/mol. The summed E-state index contributed by atoms with van der Waals surface area (Å²) >= 11 is 9.96. The predicted octanol–water partition coefficient (Wildman–Crippen LogP) is 2.44. The monoisotopic (exact) mass is 243 g/mol. The third-order valence-corrected chi connectivity index (χ3v) is 1.95. The van der Waals surface area contributed by atoms with Gasteiger partial charge in [-0.15, -0.1) is 11.6 Å². The molecular formula is C10H10ClNO2S. The minimum absolute atomic E-state index is 0.146. The summed E-state index contributed by atoms with van der Waals surface area (Å²) in [6, 6.07) is 8.83. The number of rotatable bonds is 5. The Balaban J connectivity index is 2.79. The zero-order valence-electron chi connectivity index (χ0n) is 7.89. The van der Waals surface area contributed by atoms with Crippen LogP contribution in [0.1, 0.15) is 6.42 Å². The zero-order valence-corrected chi connectivity index (χ0v) is 9.46. The lowest BCUT2D eigenvalue weighted by atomic mass is 10.3. The van der Waals surface area contributed by atoms with Gasteiger partial charge in [0.05, 0.1) is 11.6 Å². The summed E-state index contributed by atoms with van der Waals surface area (Å²) in [7, 11) is 0. The van der Waals surface area contributed by atoms with Crippen molar-refractivity contribution in [3.63, 3.8) is 0 Å². The minimum atomic E-state index is -1.72. The Morgan fingerprint density at radius 1 is 1.47 bits per heavy atom. The molecule has 3 nitrogen and oxygen atoms in total. The van der Waals surface area contributed by atoms with E-state index in [1.165, 1.54) is 0 Å². The van der Waals surface area contributed by atoms with Crippen LogP contribution in [0.15, 0.2) is 35.3 Å². The maximum absolute atomic E-state index is 9.86.